The van der Waals surface area contributed by atoms with E-state index in [9.17, 15) is 4.79 Å². The maximum absolute atomic E-state index is 12.6. The Morgan fingerprint density at radius 3 is 2.83 bits per heavy atom. The average molecular weight is 348 g/mol. The highest BCUT2D eigenvalue weighted by molar-refractivity contribution is 8.26. The number of hydrogen-bond acceptors (Lipinski definition) is 6. The van der Waals surface area contributed by atoms with Crippen LogP contribution in [-0.2, 0) is 4.79 Å². The first-order chi connectivity index (χ1) is 11.2. The van der Waals surface area contributed by atoms with Crippen LogP contribution in [0.15, 0.2) is 23.1 Å². The van der Waals surface area contributed by atoms with Gasteiger partial charge in [0.25, 0.3) is 5.91 Å². The van der Waals surface area contributed by atoms with E-state index >= 15 is 0 Å². The van der Waals surface area contributed by atoms with Gasteiger partial charge in [0.2, 0.25) is 6.79 Å². The number of thiocarbonyl (C=S) groups is 1. The summed E-state index contributed by atoms with van der Waals surface area (Å²) in [6, 6.07) is 5.66. The Labute approximate surface area is 144 Å². The van der Waals surface area contributed by atoms with Crippen molar-refractivity contribution in [3.63, 3.8) is 0 Å². The number of nitrogens with zero attached hydrogens (tertiary/aromatic N) is 2. The Hall–Kier alpha value is -1.57. The van der Waals surface area contributed by atoms with Gasteiger partial charge >= 0.3 is 0 Å². The van der Waals surface area contributed by atoms with Crippen LogP contribution in [0.5, 0.6) is 11.5 Å². The molecule has 120 valence electrons. The molecule has 1 amide bonds. The van der Waals surface area contributed by atoms with Crippen molar-refractivity contribution >= 4 is 40.3 Å². The summed E-state index contributed by atoms with van der Waals surface area (Å²) in [6.45, 7) is 2.93. The van der Waals surface area contributed by atoms with E-state index in [0.29, 0.717) is 21.6 Å². The summed E-state index contributed by atoms with van der Waals surface area (Å²) in [5.41, 5.74) is 0.913. The molecule has 0 spiro atoms. The van der Waals surface area contributed by atoms with E-state index in [-0.39, 0.29) is 12.7 Å². The molecule has 2 saturated heterocycles. The van der Waals surface area contributed by atoms with E-state index in [0.717, 1.165) is 24.4 Å². The van der Waals surface area contributed by atoms with E-state index < -0.39 is 0 Å². The van der Waals surface area contributed by atoms with Gasteiger partial charge in [0.15, 0.2) is 11.5 Å². The number of benzene rings is 1. The molecule has 0 unspecified atom stereocenters. The van der Waals surface area contributed by atoms with Gasteiger partial charge in [-0.05, 0) is 49.7 Å². The molecular weight excluding hydrogens is 332 g/mol. The van der Waals surface area contributed by atoms with Crippen LogP contribution in [0, 0.1) is 0 Å². The molecule has 0 aromatic heterocycles. The molecule has 4 rings (SSSR count). The lowest BCUT2D eigenvalue weighted by Gasteiger charge is -2.22. The van der Waals surface area contributed by atoms with Gasteiger partial charge in [-0.2, -0.15) is 0 Å². The van der Waals surface area contributed by atoms with Crippen molar-refractivity contribution in [1.29, 1.82) is 0 Å². The minimum Gasteiger partial charge on any atom is -0.454 e. The number of ether oxygens (including phenoxy) is 2. The molecule has 0 bridgehead atoms. The van der Waals surface area contributed by atoms with Gasteiger partial charge in [-0.25, -0.2) is 0 Å². The first kappa shape index (κ1) is 15.0. The molecule has 0 atom stereocenters. The molecule has 5 nitrogen and oxygen atoms in total. The van der Waals surface area contributed by atoms with E-state index in [1.54, 1.807) is 4.90 Å². The third-order valence-corrected chi connectivity index (χ3v) is 5.49. The summed E-state index contributed by atoms with van der Waals surface area (Å²) >= 11 is 6.74. The number of likely N-dealkylation sites (tertiary alicyclic amines) is 1. The highest BCUT2D eigenvalue weighted by Gasteiger charge is 2.33. The largest absolute Gasteiger partial charge is 0.454 e. The molecule has 3 heterocycles. The maximum Gasteiger partial charge on any atom is 0.267 e. The van der Waals surface area contributed by atoms with Crippen molar-refractivity contribution in [3.8, 4) is 11.5 Å². The monoisotopic (exact) mass is 348 g/mol. The van der Waals surface area contributed by atoms with Crippen LogP contribution in [0.4, 0.5) is 0 Å². The molecule has 1 aromatic carbocycles. The fourth-order valence-electron chi connectivity index (χ4n) is 2.90. The Morgan fingerprint density at radius 2 is 2.00 bits per heavy atom. The van der Waals surface area contributed by atoms with E-state index in [1.165, 1.54) is 24.6 Å². The standard InChI is InChI=1S/C16H16N2O3S2/c19-15-14(8-11-3-4-12-13(7-11)21-10-20-12)23-16(22)18(15)9-17-5-1-2-6-17/h3-4,7-8H,1-2,5-6,9-10H2. The predicted molar refractivity (Wildman–Crippen MR) is 93.3 cm³/mol. The van der Waals surface area contributed by atoms with Gasteiger partial charge < -0.3 is 9.47 Å². The Bertz CT molecular complexity index is 699. The highest BCUT2D eigenvalue weighted by Crippen LogP contribution is 2.36. The normalized spacial score (nSPS) is 22.6. The van der Waals surface area contributed by atoms with Gasteiger partial charge in [-0.3, -0.25) is 14.6 Å². The van der Waals surface area contributed by atoms with Crippen LogP contribution in [0.3, 0.4) is 0 Å². The van der Waals surface area contributed by atoms with Crippen molar-refractivity contribution in [2.75, 3.05) is 26.6 Å². The number of fused-ring (bicyclic) bond motifs is 1. The number of rotatable bonds is 3. The Kier molecular flexibility index (Phi) is 4.00. The average Bonchev–Trinajstić information content (AvgIpc) is 3.26. The second-order valence-corrected chi connectivity index (χ2v) is 7.36. The molecule has 0 radical (unpaired) electrons. The molecule has 1 aromatic rings. The van der Waals surface area contributed by atoms with E-state index in [2.05, 4.69) is 4.90 Å². The van der Waals surface area contributed by atoms with Crippen LogP contribution in [0.25, 0.3) is 6.08 Å². The number of carbonyl (C=O) groups excluding carboxylic acids is 1. The molecule has 0 aliphatic carbocycles. The second-order valence-electron chi connectivity index (χ2n) is 5.69. The molecule has 0 saturated carbocycles. The highest BCUT2D eigenvalue weighted by atomic mass is 32.2. The van der Waals surface area contributed by atoms with Crippen LogP contribution in [-0.4, -0.2) is 46.6 Å². The van der Waals surface area contributed by atoms with Gasteiger partial charge in [0.1, 0.15) is 4.32 Å². The Balaban J connectivity index is 1.52. The first-order valence-corrected chi connectivity index (χ1v) is 8.80. The van der Waals surface area contributed by atoms with Crippen molar-refractivity contribution in [3.05, 3.63) is 28.7 Å². The van der Waals surface area contributed by atoms with Crippen LogP contribution in [0.1, 0.15) is 18.4 Å². The van der Waals surface area contributed by atoms with Crippen molar-refractivity contribution in [1.82, 2.24) is 9.80 Å². The number of carbonyl (C=O) groups is 1. The predicted octanol–water partition coefficient (Wildman–Crippen LogP) is 2.67. The van der Waals surface area contributed by atoms with Crippen LogP contribution >= 0.6 is 24.0 Å². The SMILES string of the molecule is O=C1C(=Cc2ccc3c(c2)OCO3)SC(=S)N1CN1CCCC1. The fraction of sp³-hybridized carbons (Fsp3) is 0.375. The quantitative estimate of drug-likeness (QED) is 0.618. The van der Waals surface area contributed by atoms with Gasteiger partial charge in [-0.15, -0.1) is 0 Å². The van der Waals surface area contributed by atoms with Gasteiger partial charge in [0, 0.05) is 0 Å². The minimum atomic E-state index is -0.00966. The molecule has 7 heteroatoms. The third-order valence-electron chi connectivity index (χ3n) is 4.11. The van der Waals surface area contributed by atoms with Crippen LogP contribution < -0.4 is 9.47 Å². The number of hydrogen-bond donors (Lipinski definition) is 0. The zero-order chi connectivity index (χ0) is 15.8. The summed E-state index contributed by atoms with van der Waals surface area (Å²) < 4.78 is 11.3. The molecule has 2 fully saturated rings. The van der Waals surface area contributed by atoms with Gasteiger partial charge in [-0.1, -0.05) is 30.0 Å². The smallest absolute Gasteiger partial charge is 0.267 e. The van der Waals surface area contributed by atoms with Crippen molar-refractivity contribution in [2.24, 2.45) is 0 Å². The zero-order valence-electron chi connectivity index (χ0n) is 12.5. The summed E-state index contributed by atoms with van der Waals surface area (Å²) in [7, 11) is 0. The lowest BCUT2D eigenvalue weighted by Crippen LogP contribution is -2.38. The minimum absolute atomic E-state index is 0.00966. The van der Waals surface area contributed by atoms with E-state index in [4.69, 9.17) is 21.7 Å². The molecule has 3 aliphatic heterocycles. The van der Waals surface area contributed by atoms with Crippen molar-refractivity contribution < 1.29 is 14.3 Å². The summed E-state index contributed by atoms with van der Waals surface area (Å²) in [5.74, 6) is 1.44. The Morgan fingerprint density at radius 1 is 1.22 bits per heavy atom. The first-order valence-electron chi connectivity index (χ1n) is 7.58. The topological polar surface area (TPSA) is 42.0 Å². The molecule has 0 N–H and O–H groups in total. The van der Waals surface area contributed by atoms with E-state index in [1.807, 2.05) is 24.3 Å². The molecule has 23 heavy (non-hydrogen) atoms. The summed E-state index contributed by atoms with van der Waals surface area (Å²) in [6.07, 6.45) is 4.26. The van der Waals surface area contributed by atoms with Crippen LogP contribution in [0.2, 0.25) is 0 Å². The fourth-order valence-corrected chi connectivity index (χ4v) is 4.14. The number of amides is 1. The molecular formula is C16H16N2O3S2. The second kappa shape index (κ2) is 6.14. The summed E-state index contributed by atoms with van der Waals surface area (Å²) in [4.78, 5) is 17.2. The van der Waals surface area contributed by atoms with Gasteiger partial charge in [0.05, 0.1) is 11.6 Å². The van der Waals surface area contributed by atoms with Crippen molar-refractivity contribution in [2.45, 2.75) is 12.8 Å². The number of thioether (sulfide) groups is 1. The lowest BCUT2D eigenvalue weighted by molar-refractivity contribution is -0.123. The molecule has 3 aliphatic rings. The zero-order valence-corrected chi connectivity index (χ0v) is 14.1. The third kappa shape index (κ3) is 2.96. The lowest BCUT2D eigenvalue weighted by atomic mass is 10.2. The maximum atomic E-state index is 12.6. The summed E-state index contributed by atoms with van der Waals surface area (Å²) in [5, 5.41) is 0.